The number of halogens is 1. The van der Waals surface area contributed by atoms with Gasteiger partial charge in [-0.25, -0.2) is 9.97 Å². The average molecular weight is 443 g/mol. The molecule has 0 radical (unpaired) electrons. The van der Waals surface area contributed by atoms with Crippen molar-refractivity contribution < 1.29 is 4.79 Å². The zero-order chi connectivity index (χ0) is 20.6. The number of nitrogens with one attached hydrogen (secondary N) is 1. The molecule has 0 saturated heterocycles. The van der Waals surface area contributed by atoms with Gasteiger partial charge in [-0.2, -0.15) is 5.26 Å². The van der Waals surface area contributed by atoms with E-state index in [1.807, 2.05) is 35.7 Å². The Hall–Kier alpha value is -2.40. The lowest BCUT2D eigenvalue weighted by molar-refractivity contribution is -0.115. The maximum absolute atomic E-state index is 12.3. The van der Waals surface area contributed by atoms with E-state index in [1.165, 1.54) is 23.1 Å². The number of carbonyl (C=O) groups excluding carboxylic acids is 1. The topological polar surface area (TPSA) is 78.7 Å². The number of anilines is 1. The molecular formula is C21H19ClN4OS2. The SMILES string of the molecule is CCCc1ccc(C#N)c(SCCC(=O)Nc2nc(-c3ccccc3Cl)cs2)n1. The number of thioether (sulfide) groups is 1. The molecule has 0 aliphatic carbocycles. The van der Waals surface area contributed by atoms with Crippen LogP contribution in [0, 0.1) is 11.3 Å². The molecule has 0 aliphatic rings. The molecule has 0 fully saturated rings. The Morgan fingerprint density at radius 3 is 2.86 bits per heavy atom. The van der Waals surface area contributed by atoms with Crippen molar-refractivity contribution in [1.29, 1.82) is 5.26 Å². The third-order valence-electron chi connectivity index (χ3n) is 4.01. The number of amides is 1. The average Bonchev–Trinajstić information content (AvgIpc) is 3.17. The summed E-state index contributed by atoms with van der Waals surface area (Å²) in [7, 11) is 0. The summed E-state index contributed by atoms with van der Waals surface area (Å²) in [4.78, 5) is 21.3. The molecule has 2 aromatic heterocycles. The molecule has 3 rings (SSSR count). The molecule has 2 heterocycles. The van der Waals surface area contributed by atoms with Crippen molar-refractivity contribution in [3.8, 4) is 17.3 Å². The van der Waals surface area contributed by atoms with Gasteiger partial charge in [0.15, 0.2) is 5.13 Å². The maximum atomic E-state index is 12.3. The van der Waals surface area contributed by atoms with Gasteiger partial charge < -0.3 is 5.32 Å². The van der Waals surface area contributed by atoms with Gasteiger partial charge in [0, 0.05) is 33.8 Å². The Kier molecular flexibility index (Phi) is 7.64. The minimum Gasteiger partial charge on any atom is -0.302 e. The standard InChI is InChI=1S/C21H19ClN4OS2/c1-2-5-15-9-8-14(12-23)20(24-15)28-11-10-19(27)26-21-25-18(13-29-21)16-6-3-4-7-17(16)22/h3-4,6-9,13H,2,5,10-11H2,1H3,(H,25,26,27). The lowest BCUT2D eigenvalue weighted by atomic mass is 10.2. The van der Waals surface area contributed by atoms with Crippen LogP contribution in [0.15, 0.2) is 46.8 Å². The van der Waals surface area contributed by atoms with E-state index in [1.54, 1.807) is 6.07 Å². The lowest BCUT2D eigenvalue weighted by Gasteiger charge is -2.06. The van der Waals surface area contributed by atoms with Gasteiger partial charge >= 0.3 is 0 Å². The van der Waals surface area contributed by atoms with Gasteiger partial charge in [-0.05, 0) is 24.6 Å². The van der Waals surface area contributed by atoms with Crippen molar-refractivity contribution >= 4 is 45.7 Å². The van der Waals surface area contributed by atoms with Crippen LogP contribution >= 0.6 is 34.7 Å². The predicted molar refractivity (Wildman–Crippen MR) is 119 cm³/mol. The largest absolute Gasteiger partial charge is 0.302 e. The van der Waals surface area contributed by atoms with Crippen LogP contribution in [-0.4, -0.2) is 21.6 Å². The molecule has 1 amide bonds. The Morgan fingerprint density at radius 2 is 2.10 bits per heavy atom. The molecule has 0 spiro atoms. The number of pyridine rings is 1. The third-order valence-corrected chi connectivity index (χ3v) is 6.09. The van der Waals surface area contributed by atoms with E-state index in [-0.39, 0.29) is 5.91 Å². The summed E-state index contributed by atoms with van der Waals surface area (Å²) in [5.74, 6) is 0.409. The van der Waals surface area contributed by atoms with E-state index < -0.39 is 0 Å². The van der Waals surface area contributed by atoms with Crippen molar-refractivity contribution in [2.75, 3.05) is 11.1 Å². The first-order valence-electron chi connectivity index (χ1n) is 9.13. The number of hydrogen-bond donors (Lipinski definition) is 1. The maximum Gasteiger partial charge on any atom is 0.226 e. The van der Waals surface area contributed by atoms with E-state index >= 15 is 0 Å². The second-order valence-electron chi connectivity index (χ2n) is 6.18. The molecular weight excluding hydrogens is 424 g/mol. The van der Waals surface area contributed by atoms with E-state index in [0.29, 0.717) is 32.9 Å². The van der Waals surface area contributed by atoms with Gasteiger partial charge in [-0.1, -0.05) is 43.1 Å². The molecule has 0 unspecified atom stereocenters. The summed E-state index contributed by atoms with van der Waals surface area (Å²) in [5, 5.41) is 15.8. The second-order valence-corrected chi connectivity index (χ2v) is 8.53. The highest BCUT2D eigenvalue weighted by atomic mass is 35.5. The number of nitriles is 1. The number of aromatic nitrogens is 2. The summed E-state index contributed by atoms with van der Waals surface area (Å²) in [6.45, 7) is 2.09. The lowest BCUT2D eigenvalue weighted by Crippen LogP contribution is -2.12. The third kappa shape index (κ3) is 5.80. The quantitative estimate of drug-likeness (QED) is 0.445. The smallest absolute Gasteiger partial charge is 0.226 e. The van der Waals surface area contributed by atoms with Crippen LogP contribution < -0.4 is 5.32 Å². The highest BCUT2D eigenvalue weighted by molar-refractivity contribution is 7.99. The minimum absolute atomic E-state index is 0.124. The monoisotopic (exact) mass is 442 g/mol. The summed E-state index contributed by atoms with van der Waals surface area (Å²) < 4.78 is 0. The van der Waals surface area contributed by atoms with Crippen LogP contribution in [-0.2, 0) is 11.2 Å². The van der Waals surface area contributed by atoms with Gasteiger partial charge in [-0.15, -0.1) is 23.1 Å². The summed E-state index contributed by atoms with van der Waals surface area (Å²) >= 11 is 8.99. The van der Waals surface area contributed by atoms with Crippen molar-refractivity contribution in [3.63, 3.8) is 0 Å². The van der Waals surface area contributed by atoms with Gasteiger partial charge in [0.1, 0.15) is 11.1 Å². The first-order chi connectivity index (χ1) is 14.1. The van der Waals surface area contributed by atoms with Gasteiger partial charge in [-0.3, -0.25) is 4.79 Å². The molecule has 29 heavy (non-hydrogen) atoms. The van der Waals surface area contributed by atoms with Crippen LogP contribution in [0.25, 0.3) is 11.3 Å². The zero-order valence-corrected chi connectivity index (χ0v) is 18.2. The Bertz CT molecular complexity index is 1050. The van der Waals surface area contributed by atoms with E-state index in [0.717, 1.165) is 29.8 Å². The number of rotatable bonds is 8. The minimum atomic E-state index is -0.124. The van der Waals surface area contributed by atoms with Gasteiger partial charge in [0.2, 0.25) is 5.91 Å². The van der Waals surface area contributed by atoms with Crippen molar-refractivity contribution in [3.05, 3.63) is 58.1 Å². The van der Waals surface area contributed by atoms with Crippen LogP contribution in [0.2, 0.25) is 5.02 Å². The number of nitrogens with zero attached hydrogens (tertiary/aromatic N) is 3. The number of thiazole rings is 1. The number of aryl methyl sites for hydroxylation is 1. The van der Waals surface area contributed by atoms with Gasteiger partial charge in [0.25, 0.3) is 0 Å². The summed E-state index contributed by atoms with van der Waals surface area (Å²) in [6.07, 6.45) is 2.17. The van der Waals surface area contributed by atoms with Crippen molar-refractivity contribution in [1.82, 2.24) is 9.97 Å². The molecule has 0 saturated carbocycles. The Balaban J connectivity index is 1.56. The normalized spacial score (nSPS) is 10.5. The van der Waals surface area contributed by atoms with E-state index in [9.17, 15) is 10.1 Å². The molecule has 3 aromatic rings. The molecule has 5 nitrogen and oxygen atoms in total. The number of benzene rings is 1. The zero-order valence-electron chi connectivity index (χ0n) is 15.8. The highest BCUT2D eigenvalue weighted by Gasteiger charge is 2.11. The van der Waals surface area contributed by atoms with Crippen LogP contribution in [0.4, 0.5) is 5.13 Å². The van der Waals surface area contributed by atoms with Crippen LogP contribution in [0.3, 0.4) is 0 Å². The van der Waals surface area contributed by atoms with Crippen LogP contribution in [0.5, 0.6) is 0 Å². The molecule has 148 valence electrons. The molecule has 0 atom stereocenters. The van der Waals surface area contributed by atoms with Crippen LogP contribution in [0.1, 0.15) is 31.0 Å². The summed E-state index contributed by atoms with van der Waals surface area (Å²) in [5.41, 5.74) is 3.08. The van der Waals surface area contributed by atoms with E-state index in [4.69, 9.17) is 11.6 Å². The fourth-order valence-corrected chi connectivity index (χ4v) is 4.51. The molecule has 1 aromatic carbocycles. The fraction of sp³-hybridized carbons (Fsp3) is 0.238. The fourth-order valence-electron chi connectivity index (χ4n) is 2.62. The Labute approximate surface area is 183 Å². The predicted octanol–water partition coefficient (Wildman–Crippen LogP) is 5.80. The highest BCUT2D eigenvalue weighted by Crippen LogP contribution is 2.30. The molecule has 1 N–H and O–H groups in total. The summed E-state index contributed by atoms with van der Waals surface area (Å²) in [6, 6.07) is 13.3. The van der Waals surface area contributed by atoms with Gasteiger partial charge in [0.05, 0.1) is 11.3 Å². The first-order valence-corrected chi connectivity index (χ1v) is 11.4. The first kappa shape index (κ1) is 21.3. The van der Waals surface area contributed by atoms with Crippen molar-refractivity contribution in [2.24, 2.45) is 0 Å². The van der Waals surface area contributed by atoms with Crippen molar-refractivity contribution in [2.45, 2.75) is 31.2 Å². The number of carbonyl (C=O) groups is 1. The number of hydrogen-bond acceptors (Lipinski definition) is 6. The Morgan fingerprint density at radius 1 is 1.28 bits per heavy atom. The molecule has 8 heteroatoms. The molecule has 0 bridgehead atoms. The molecule has 0 aliphatic heterocycles. The second kappa shape index (κ2) is 10.4. The van der Waals surface area contributed by atoms with E-state index in [2.05, 4.69) is 28.3 Å².